The smallest absolute Gasteiger partial charge is 0.240 e. The van der Waals surface area contributed by atoms with Gasteiger partial charge in [0, 0.05) is 6.04 Å². The van der Waals surface area contributed by atoms with Gasteiger partial charge in [-0.2, -0.15) is 0 Å². The van der Waals surface area contributed by atoms with E-state index >= 15 is 0 Å². The van der Waals surface area contributed by atoms with Gasteiger partial charge in [-0.05, 0) is 37.5 Å². The number of aliphatic hydroxyl groups excluding tert-OH is 1. The predicted molar refractivity (Wildman–Crippen MR) is 71.8 cm³/mol. The molecule has 0 aliphatic rings. The van der Waals surface area contributed by atoms with Crippen molar-refractivity contribution in [2.24, 2.45) is 0 Å². The molecule has 5 heteroatoms. The van der Waals surface area contributed by atoms with E-state index in [1.54, 1.807) is 12.1 Å². The largest absolute Gasteiger partial charge is 0.388 e. The maximum atomic E-state index is 12.1. The topological polar surface area (TPSA) is 66.4 Å². The number of rotatable bonds is 6. The molecular formula is C13H21NO3S. The third kappa shape index (κ3) is 3.80. The van der Waals surface area contributed by atoms with Gasteiger partial charge in [-0.15, -0.1) is 0 Å². The standard InChI is InChI=1S/C13H21NO3S/c1-4-10(3)14-18(16,17)12-8-6-7-11(9-12)13(15)5-2/h6-10,13-15H,4-5H2,1-3H3. The van der Waals surface area contributed by atoms with E-state index < -0.39 is 16.1 Å². The second-order valence-electron chi connectivity index (χ2n) is 4.43. The van der Waals surface area contributed by atoms with Crippen molar-refractivity contribution >= 4 is 10.0 Å². The Kier molecular flexibility index (Phi) is 5.31. The van der Waals surface area contributed by atoms with Gasteiger partial charge in [-0.25, -0.2) is 13.1 Å². The number of sulfonamides is 1. The first-order valence-corrected chi connectivity index (χ1v) is 7.69. The van der Waals surface area contributed by atoms with E-state index in [1.807, 2.05) is 20.8 Å². The van der Waals surface area contributed by atoms with Gasteiger partial charge >= 0.3 is 0 Å². The van der Waals surface area contributed by atoms with Crippen molar-refractivity contribution in [3.8, 4) is 0 Å². The Hall–Kier alpha value is -0.910. The lowest BCUT2D eigenvalue weighted by Gasteiger charge is -2.14. The molecule has 18 heavy (non-hydrogen) atoms. The lowest BCUT2D eigenvalue weighted by molar-refractivity contribution is 0.173. The zero-order valence-electron chi connectivity index (χ0n) is 11.1. The van der Waals surface area contributed by atoms with Crippen LogP contribution in [-0.2, 0) is 10.0 Å². The normalized spacial score (nSPS) is 15.3. The van der Waals surface area contributed by atoms with Crippen LogP contribution in [0.1, 0.15) is 45.3 Å². The van der Waals surface area contributed by atoms with Crippen LogP contribution in [0.3, 0.4) is 0 Å². The molecule has 0 spiro atoms. The molecule has 0 bridgehead atoms. The minimum atomic E-state index is -3.50. The average molecular weight is 271 g/mol. The fraction of sp³-hybridized carbons (Fsp3) is 0.538. The first-order valence-electron chi connectivity index (χ1n) is 6.21. The van der Waals surface area contributed by atoms with Crippen LogP contribution in [0.5, 0.6) is 0 Å². The number of hydrogen-bond acceptors (Lipinski definition) is 3. The number of nitrogens with one attached hydrogen (secondary N) is 1. The van der Waals surface area contributed by atoms with Crippen LogP contribution >= 0.6 is 0 Å². The summed E-state index contributed by atoms with van der Waals surface area (Å²) in [5.41, 5.74) is 0.629. The van der Waals surface area contributed by atoms with Crippen LogP contribution in [-0.4, -0.2) is 19.6 Å². The molecule has 0 aliphatic heterocycles. The molecule has 102 valence electrons. The lowest BCUT2D eigenvalue weighted by Crippen LogP contribution is -2.32. The molecule has 0 fully saturated rings. The van der Waals surface area contributed by atoms with Gasteiger partial charge in [0.25, 0.3) is 0 Å². The van der Waals surface area contributed by atoms with Crippen LogP contribution in [0.2, 0.25) is 0 Å². The summed E-state index contributed by atoms with van der Waals surface area (Å²) in [5, 5.41) is 9.73. The summed E-state index contributed by atoms with van der Waals surface area (Å²) < 4.78 is 26.7. The van der Waals surface area contributed by atoms with Crippen molar-refractivity contribution in [1.29, 1.82) is 0 Å². The second kappa shape index (κ2) is 6.31. The fourth-order valence-corrected chi connectivity index (χ4v) is 2.92. The SMILES string of the molecule is CCC(C)NS(=O)(=O)c1cccc(C(O)CC)c1. The maximum absolute atomic E-state index is 12.1. The molecular weight excluding hydrogens is 250 g/mol. The van der Waals surface area contributed by atoms with Crippen LogP contribution in [0.25, 0.3) is 0 Å². The van der Waals surface area contributed by atoms with Crippen LogP contribution in [0, 0.1) is 0 Å². The van der Waals surface area contributed by atoms with Gasteiger partial charge in [-0.3, -0.25) is 0 Å². The van der Waals surface area contributed by atoms with Crippen molar-refractivity contribution in [2.75, 3.05) is 0 Å². The van der Waals surface area contributed by atoms with Crippen molar-refractivity contribution in [3.05, 3.63) is 29.8 Å². The Morgan fingerprint density at radius 2 is 1.94 bits per heavy atom. The summed E-state index contributed by atoms with van der Waals surface area (Å²) in [6, 6.07) is 6.35. The molecule has 1 aromatic rings. The second-order valence-corrected chi connectivity index (χ2v) is 6.14. The Labute approximate surface area is 109 Å². The molecule has 0 aromatic heterocycles. The predicted octanol–water partition coefficient (Wildman–Crippen LogP) is 2.21. The minimum absolute atomic E-state index is 0.102. The summed E-state index contributed by atoms with van der Waals surface area (Å²) in [5.74, 6) is 0. The highest BCUT2D eigenvalue weighted by Crippen LogP contribution is 2.20. The lowest BCUT2D eigenvalue weighted by atomic mass is 10.1. The molecule has 0 radical (unpaired) electrons. The molecule has 2 N–H and O–H groups in total. The van der Waals surface area contributed by atoms with Crippen molar-refractivity contribution < 1.29 is 13.5 Å². The molecule has 0 saturated carbocycles. The number of hydrogen-bond donors (Lipinski definition) is 2. The third-order valence-electron chi connectivity index (χ3n) is 2.91. The van der Waals surface area contributed by atoms with E-state index in [4.69, 9.17) is 0 Å². The van der Waals surface area contributed by atoms with E-state index in [2.05, 4.69) is 4.72 Å². The van der Waals surface area contributed by atoms with E-state index in [9.17, 15) is 13.5 Å². The summed E-state index contributed by atoms with van der Waals surface area (Å²) >= 11 is 0. The van der Waals surface area contributed by atoms with E-state index in [0.29, 0.717) is 12.0 Å². The zero-order chi connectivity index (χ0) is 13.8. The minimum Gasteiger partial charge on any atom is -0.388 e. The Morgan fingerprint density at radius 3 is 2.50 bits per heavy atom. The average Bonchev–Trinajstić information content (AvgIpc) is 2.37. The zero-order valence-corrected chi connectivity index (χ0v) is 11.9. The Balaban J connectivity index is 3.02. The summed E-state index contributed by atoms with van der Waals surface area (Å²) in [4.78, 5) is 0.202. The van der Waals surface area contributed by atoms with Gasteiger partial charge in [0.1, 0.15) is 0 Å². The maximum Gasteiger partial charge on any atom is 0.240 e. The van der Waals surface area contributed by atoms with Crippen LogP contribution in [0.15, 0.2) is 29.2 Å². The molecule has 4 nitrogen and oxygen atoms in total. The van der Waals surface area contributed by atoms with Crippen molar-refractivity contribution in [1.82, 2.24) is 4.72 Å². The third-order valence-corrected chi connectivity index (χ3v) is 4.50. The summed E-state index contributed by atoms with van der Waals surface area (Å²) in [7, 11) is -3.50. The number of benzene rings is 1. The highest BCUT2D eigenvalue weighted by Gasteiger charge is 2.17. The van der Waals surface area contributed by atoms with Crippen LogP contribution in [0.4, 0.5) is 0 Å². The van der Waals surface area contributed by atoms with Gasteiger partial charge in [0.05, 0.1) is 11.0 Å². The molecule has 1 rings (SSSR count). The van der Waals surface area contributed by atoms with Gasteiger partial charge < -0.3 is 5.11 Å². The molecule has 0 amide bonds. The molecule has 2 atom stereocenters. The molecule has 0 aliphatic carbocycles. The van der Waals surface area contributed by atoms with Crippen LogP contribution < -0.4 is 4.72 Å². The first kappa shape index (κ1) is 15.1. The fourth-order valence-electron chi connectivity index (χ4n) is 1.54. The molecule has 1 aromatic carbocycles. The van der Waals surface area contributed by atoms with Gasteiger partial charge in [0.15, 0.2) is 0 Å². The first-order chi connectivity index (χ1) is 8.40. The highest BCUT2D eigenvalue weighted by atomic mass is 32.2. The quantitative estimate of drug-likeness (QED) is 0.833. The van der Waals surface area contributed by atoms with E-state index in [0.717, 1.165) is 6.42 Å². The highest BCUT2D eigenvalue weighted by molar-refractivity contribution is 7.89. The van der Waals surface area contributed by atoms with Gasteiger partial charge in [0.2, 0.25) is 10.0 Å². The van der Waals surface area contributed by atoms with E-state index in [-0.39, 0.29) is 10.9 Å². The molecule has 0 heterocycles. The Bertz CT molecular complexity index is 485. The summed E-state index contributed by atoms with van der Waals surface area (Å²) in [6.07, 6.45) is 0.669. The van der Waals surface area contributed by atoms with Crippen molar-refractivity contribution in [3.63, 3.8) is 0 Å². The van der Waals surface area contributed by atoms with E-state index in [1.165, 1.54) is 12.1 Å². The molecule has 0 saturated heterocycles. The molecule has 2 unspecified atom stereocenters. The monoisotopic (exact) mass is 271 g/mol. The Morgan fingerprint density at radius 1 is 1.28 bits per heavy atom. The van der Waals surface area contributed by atoms with Gasteiger partial charge in [-0.1, -0.05) is 26.0 Å². The summed E-state index contributed by atoms with van der Waals surface area (Å²) in [6.45, 7) is 5.59. The number of aliphatic hydroxyl groups is 1. The van der Waals surface area contributed by atoms with Crippen molar-refractivity contribution in [2.45, 2.75) is 50.7 Å².